The van der Waals surface area contributed by atoms with Crippen molar-refractivity contribution in [1.82, 2.24) is 10.2 Å². The van der Waals surface area contributed by atoms with Crippen LogP contribution in [0.2, 0.25) is 0 Å². The number of unbranched alkanes of at least 4 members (excludes halogenated alkanes) is 3. The molecule has 252 valence electrons. The first kappa shape index (κ1) is 34.4. The first-order valence-corrected chi connectivity index (χ1v) is 16.7. The molecular formula is C38H44N4O6. The van der Waals surface area contributed by atoms with Gasteiger partial charge in [0, 0.05) is 30.9 Å². The summed E-state index contributed by atoms with van der Waals surface area (Å²) < 4.78 is 11.8. The summed E-state index contributed by atoms with van der Waals surface area (Å²) in [6.07, 6.45) is 4.54. The Hall–Kier alpha value is -4.96. The van der Waals surface area contributed by atoms with E-state index in [1.807, 2.05) is 36.4 Å². The molecule has 0 spiro atoms. The van der Waals surface area contributed by atoms with Gasteiger partial charge in [-0.1, -0.05) is 99.0 Å². The predicted molar refractivity (Wildman–Crippen MR) is 183 cm³/mol. The molecule has 0 radical (unpaired) electrons. The Morgan fingerprint density at radius 1 is 0.917 bits per heavy atom. The van der Waals surface area contributed by atoms with Crippen molar-refractivity contribution < 1.29 is 24.0 Å². The van der Waals surface area contributed by atoms with Gasteiger partial charge in [0.15, 0.2) is 0 Å². The average Bonchev–Trinajstić information content (AvgIpc) is 3.09. The first-order chi connectivity index (χ1) is 23.3. The summed E-state index contributed by atoms with van der Waals surface area (Å²) in [4.78, 5) is 41.2. The minimum atomic E-state index is -1.01. The lowest BCUT2D eigenvalue weighted by molar-refractivity contribution is -0.384. The van der Waals surface area contributed by atoms with E-state index in [0.29, 0.717) is 43.6 Å². The third kappa shape index (κ3) is 8.12. The third-order valence-corrected chi connectivity index (χ3v) is 9.02. The number of carbonyl (C=O) groups excluding carboxylic acids is 2. The van der Waals surface area contributed by atoms with Crippen molar-refractivity contribution in [2.24, 2.45) is 5.73 Å². The van der Waals surface area contributed by atoms with Crippen molar-refractivity contribution in [3.05, 3.63) is 134 Å². The maximum absolute atomic E-state index is 14.0. The van der Waals surface area contributed by atoms with Crippen molar-refractivity contribution in [3.63, 3.8) is 0 Å². The molecular weight excluding hydrogens is 608 g/mol. The van der Waals surface area contributed by atoms with Crippen molar-refractivity contribution >= 4 is 17.6 Å². The molecule has 10 heteroatoms. The number of nitrogens with two attached hydrogens (primary N) is 1. The van der Waals surface area contributed by atoms with Crippen LogP contribution < -0.4 is 11.1 Å². The van der Waals surface area contributed by atoms with Crippen molar-refractivity contribution in [2.75, 3.05) is 19.7 Å². The number of allylic oxidation sites excluding steroid dienone is 1. The van der Waals surface area contributed by atoms with Gasteiger partial charge in [-0.3, -0.25) is 15.0 Å². The second-order valence-corrected chi connectivity index (χ2v) is 12.3. The Morgan fingerprint density at radius 3 is 2.17 bits per heavy atom. The van der Waals surface area contributed by atoms with Gasteiger partial charge in [-0.25, -0.2) is 9.59 Å². The number of hydrogen-bond acceptors (Lipinski definition) is 9. The van der Waals surface area contributed by atoms with E-state index in [1.165, 1.54) is 29.3 Å². The summed E-state index contributed by atoms with van der Waals surface area (Å²) in [5.41, 5.74) is 9.67. The Kier molecular flexibility index (Phi) is 11.6. The Bertz CT molecular complexity index is 1610. The number of ether oxygens (including phenoxy) is 2. The minimum Gasteiger partial charge on any atom is -0.462 e. The van der Waals surface area contributed by atoms with Crippen LogP contribution in [0, 0.1) is 10.1 Å². The lowest BCUT2D eigenvalue weighted by Crippen LogP contribution is -2.41. The number of rotatable bonds is 13. The molecule has 1 saturated heterocycles. The van der Waals surface area contributed by atoms with Gasteiger partial charge in [-0.15, -0.1) is 0 Å². The zero-order valence-corrected chi connectivity index (χ0v) is 27.6. The highest BCUT2D eigenvalue weighted by Crippen LogP contribution is 2.40. The molecule has 5 rings (SSSR count). The molecule has 0 saturated carbocycles. The second-order valence-electron chi connectivity index (χ2n) is 12.3. The van der Waals surface area contributed by atoms with Gasteiger partial charge >= 0.3 is 11.9 Å². The number of likely N-dealkylation sites (tertiary alicyclic amines) is 1. The molecule has 10 nitrogen and oxygen atoms in total. The minimum absolute atomic E-state index is 0.0351. The van der Waals surface area contributed by atoms with Crippen molar-refractivity contribution in [2.45, 2.75) is 70.4 Å². The summed E-state index contributed by atoms with van der Waals surface area (Å²) in [6.45, 7) is 5.40. The SMILES string of the molecule is CCCCCCOC(=O)C1=C(C)NC(N)=C(C(=O)OC2CCN(C(c3ccccc3)c3ccccc3)CC2)C1c1cccc([N+](=O)[O-])c1. The number of dihydropyridines is 1. The molecule has 1 unspecified atom stereocenters. The zero-order valence-electron chi connectivity index (χ0n) is 27.6. The largest absolute Gasteiger partial charge is 0.462 e. The summed E-state index contributed by atoms with van der Waals surface area (Å²) >= 11 is 0. The molecule has 3 N–H and O–H groups in total. The van der Waals surface area contributed by atoms with Gasteiger partial charge in [0.25, 0.3) is 5.69 Å². The average molecular weight is 653 g/mol. The summed E-state index contributed by atoms with van der Waals surface area (Å²) in [5, 5.41) is 14.7. The fraction of sp³-hybridized carbons (Fsp3) is 0.368. The molecule has 2 heterocycles. The Morgan fingerprint density at radius 2 is 1.56 bits per heavy atom. The van der Waals surface area contributed by atoms with E-state index < -0.39 is 22.8 Å². The number of nitro groups is 1. The van der Waals surface area contributed by atoms with Crippen LogP contribution in [0.15, 0.2) is 108 Å². The highest BCUT2D eigenvalue weighted by Gasteiger charge is 2.40. The maximum atomic E-state index is 14.0. The van der Waals surface area contributed by atoms with E-state index in [1.54, 1.807) is 13.0 Å². The number of non-ortho nitro benzene ring substituents is 1. The second kappa shape index (κ2) is 16.2. The van der Waals surface area contributed by atoms with E-state index in [2.05, 4.69) is 41.4 Å². The van der Waals surface area contributed by atoms with Crippen molar-refractivity contribution in [1.29, 1.82) is 0 Å². The Balaban J connectivity index is 1.36. The molecule has 2 aliphatic heterocycles. The van der Waals surface area contributed by atoms with Gasteiger partial charge in [-0.2, -0.15) is 0 Å². The summed E-state index contributed by atoms with van der Waals surface area (Å²) in [7, 11) is 0. The quantitative estimate of drug-likeness (QED) is 0.0900. The first-order valence-electron chi connectivity index (χ1n) is 16.7. The topological polar surface area (TPSA) is 137 Å². The monoisotopic (exact) mass is 652 g/mol. The fourth-order valence-corrected chi connectivity index (χ4v) is 6.63. The van der Waals surface area contributed by atoms with Crippen LogP contribution >= 0.6 is 0 Å². The maximum Gasteiger partial charge on any atom is 0.338 e. The van der Waals surface area contributed by atoms with E-state index in [-0.39, 0.29) is 41.4 Å². The zero-order chi connectivity index (χ0) is 34.0. The van der Waals surface area contributed by atoms with Gasteiger partial charge in [0.05, 0.1) is 34.6 Å². The lowest BCUT2D eigenvalue weighted by Gasteiger charge is -2.38. The van der Waals surface area contributed by atoms with Crippen LogP contribution in [-0.4, -0.2) is 47.6 Å². The molecule has 3 aromatic carbocycles. The van der Waals surface area contributed by atoms with E-state index in [0.717, 1.165) is 19.3 Å². The third-order valence-electron chi connectivity index (χ3n) is 9.02. The van der Waals surface area contributed by atoms with Crippen molar-refractivity contribution in [3.8, 4) is 0 Å². The van der Waals surface area contributed by atoms with Gasteiger partial charge < -0.3 is 20.5 Å². The summed E-state index contributed by atoms with van der Waals surface area (Å²) in [6, 6.07) is 26.7. The molecule has 3 aromatic rings. The number of nitrogens with one attached hydrogen (secondary N) is 1. The number of piperidine rings is 1. The smallest absolute Gasteiger partial charge is 0.338 e. The lowest BCUT2D eigenvalue weighted by atomic mass is 9.81. The molecule has 0 aliphatic carbocycles. The van der Waals surface area contributed by atoms with Gasteiger partial charge in [-0.05, 0) is 42.9 Å². The van der Waals surface area contributed by atoms with Crippen LogP contribution in [-0.2, 0) is 19.1 Å². The van der Waals surface area contributed by atoms with E-state index in [4.69, 9.17) is 15.2 Å². The number of esters is 2. The predicted octanol–water partition coefficient (Wildman–Crippen LogP) is 6.65. The number of benzene rings is 3. The fourth-order valence-electron chi connectivity index (χ4n) is 6.63. The number of carbonyl (C=O) groups is 2. The number of nitrogens with zero attached hydrogens (tertiary/aromatic N) is 2. The molecule has 1 atom stereocenters. The molecule has 0 bridgehead atoms. The van der Waals surface area contributed by atoms with E-state index >= 15 is 0 Å². The molecule has 0 amide bonds. The summed E-state index contributed by atoms with van der Waals surface area (Å²) in [5.74, 6) is -2.24. The highest BCUT2D eigenvalue weighted by atomic mass is 16.6. The molecule has 2 aliphatic rings. The Labute approximate surface area is 281 Å². The molecule has 48 heavy (non-hydrogen) atoms. The number of hydrogen-bond donors (Lipinski definition) is 2. The van der Waals surface area contributed by atoms with Crippen LogP contribution in [0.3, 0.4) is 0 Å². The van der Waals surface area contributed by atoms with Crippen LogP contribution in [0.1, 0.15) is 81.0 Å². The van der Waals surface area contributed by atoms with Gasteiger partial charge in [0.2, 0.25) is 0 Å². The molecule has 0 aromatic heterocycles. The molecule has 1 fully saturated rings. The highest BCUT2D eigenvalue weighted by molar-refractivity contribution is 6.00. The normalized spacial score (nSPS) is 17.3. The van der Waals surface area contributed by atoms with Crippen LogP contribution in [0.25, 0.3) is 0 Å². The standard InChI is InChI=1S/C38H44N4O6/c1-3-4-5-12-24-47-37(43)32-26(2)40-36(39)34(33(32)29-18-13-19-30(25-29)42(45)46)38(44)48-31-20-22-41(23-21-31)35(27-14-8-6-9-15-27)28-16-10-7-11-17-28/h6-11,13-19,25,31,33,35,40H,3-5,12,20-24,39H2,1-2H3. The van der Waals surface area contributed by atoms with Crippen LogP contribution in [0.5, 0.6) is 0 Å². The van der Waals surface area contributed by atoms with E-state index in [9.17, 15) is 19.7 Å². The number of nitro benzene ring substituents is 1. The van der Waals surface area contributed by atoms with Crippen LogP contribution in [0.4, 0.5) is 5.69 Å². The van der Waals surface area contributed by atoms with Gasteiger partial charge in [0.1, 0.15) is 11.9 Å².